The first-order valence-corrected chi connectivity index (χ1v) is 2.72. The Morgan fingerprint density at radius 2 is 2.11 bits per heavy atom. The van der Waals surface area contributed by atoms with Gasteiger partial charge in [-0.15, -0.1) is 0 Å². The Balaban J connectivity index is 3.16. The molecular weight excluding hydrogens is 130 g/mol. The molecule has 0 bridgehead atoms. The van der Waals surface area contributed by atoms with E-state index in [0.717, 1.165) is 0 Å². The number of hydrogen-bond acceptors (Lipinski definition) is 2. The molecule has 0 aromatic heterocycles. The van der Waals surface area contributed by atoms with Crippen LogP contribution in [0.1, 0.15) is 6.92 Å². The fourth-order valence-corrected chi connectivity index (χ4v) is 0.311. The Morgan fingerprint density at radius 3 is 2.44 bits per heavy atom. The molecule has 0 aromatic carbocycles. The van der Waals surface area contributed by atoms with Gasteiger partial charge in [0, 0.05) is 6.61 Å². The molecule has 0 aliphatic heterocycles. The lowest BCUT2D eigenvalue weighted by molar-refractivity contribution is -0.0523. The number of hydrogen-bond donors (Lipinski definition) is 1. The second-order valence-corrected chi connectivity index (χ2v) is 1.56. The van der Waals surface area contributed by atoms with Crippen molar-refractivity contribution in [3.63, 3.8) is 0 Å². The van der Waals surface area contributed by atoms with Gasteiger partial charge in [0.1, 0.15) is 6.10 Å². The van der Waals surface area contributed by atoms with Crippen LogP contribution in [0.3, 0.4) is 0 Å². The quantitative estimate of drug-likeness (QED) is 0.621. The number of aliphatic hydroxyl groups excluding tert-OH is 1. The summed E-state index contributed by atoms with van der Waals surface area (Å²) in [7, 11) is 0. The average molecular weight is 140 g/mol. The van der Waals surface area contributed by atoms with Crippen LogP contribution in [0.15, 0.2) is 0 Å². The smallest absolute Gasteiger partial charge is 0.266 e. The summed E-state index contributed by atoms with van der Waals surface area (Å²) in [6.07, 6.45) is -4.33. The molecule has 4 heteroatoms. The number of halogens is 2. The van der Waals surface area contributed by atoms with Crippen molar-refractivity contribution < 1.29 is 18.6 Å². The Labute approximate surface area is 52.4 Å². The van der Waals surface area contributed by atoms with E-state index < -0.39 is 12.5 Å². The highest BCUT2D eigenvalue weighted by molar-refractivity contribution is 4.54. The molecule has 2 nitrogen and oxygen atoms in total. The van der Waals surface area contributed by atoms with Crippen LogP contribution in [0.25, 0.3) is 0 Å². The van der Waals surface area contributed by atoms with E-state index in [-0.39, 0.29) is 6.61 Å². The Bertz CT molecular complexity index is 68.0. The second-order valence-electron chi connectivity index (χ2n) is 1.56. The Morgan fingerprint density at radius 1 is 1.56 bits per heavy atom. The van der Waals surface area contributed by atoms with Crippen LogP contribution in [0.4, 0.5) is 8.78 Å². The predicted molar refractivity (Wildman–Crippen MR) is 28.5 cm³/mol. The lowest BCUT2D eigenvalue weighted by Crippen LogP contribution is -2.23. The maximum absolute atomic E-state index is 11.4. The Kier molecular flexibility index (Phi) is 4.53. The zero-order valence-electron chi connectivity index (χ0n) is 5.18. The maximum atomic E-state index is 11.4. The molecule has 0 radical (unpaired) electrons. The average Bonchev–Trinajstić information content (AvgIpc) is 1.82. The zero-order valence-corrected chi connectivity index (χ0v) is 5.18. The van der Waals surface area contributed by atoms with Gasteiger partial charge in [0.25, 0.3) is 6.43 Å². The normalized spacial score (nSPS) is 14.3. The molecular formula is C5H10F2O2. The summed E-state index contributed by atoms with van der Waals surface area (Å²) in [5, 5.41) is 8.38. The molecule has 0 fully saturated rings. The maximum Gasteiger partial charge on any atom is 0.266 e. The summed E-state index contributed by atoms with van der Waals surface area (Å²) in [6, 6.07) is 0. The van der Waals surface area contributed by atoms with Gasteiger partial charge < -0.3 is 9.84 Å². The van der Waals surface area contributed by atoms with Gasteiger partial charge in [-0.3, -0.25) is 0 Å². The van der Waals surface area contributed by atoms with Crippen LogP contribution in [0.5, 0.6) is 0 Å². The number of aliphatic hydroxyl groups is 1. The van der Waals surface area contributed by atoms with Crippen molar-refractivity contribution in [2.45, 2.75) is 19.5 Å². The molecule has 0 aromatic rings. The van der Waals surface area contributed by atoms with Gasteiger partial charge in [0.2, 0.25) is 0 Å². The summed E-state index contributed by atoms with van der Waals surface area (Å²) in [5.74, 6) is 0. The first-order valence-electron chi connectivity index (χ1n) is 2.72. The lowest BCUT2D eigenvalue weighted by Gasteiger charge is -2.07. The molecule has 0 saturated heterocycles. The van der Waals surface area contributed by atoms with E-state index in [0.29, 0.717) is 6.61 Å². The number of rotatable bonds is 4. The van der Waals surface area contributed by atoms with Gasteiger partial charge in [-0.05, 0) is 6.92 Å². The lowest BCUT2D eigenvalue weighted by atomic mass is 10.4. The first-order chi connectivity index (χ1) is 4.18. The summed E-state index contributed by atoms with van der Waals surface area (Å²) >= 11 is 0. The van der Waals surface area contributed by atoms with E-state index in [1.54, 1.807) is 6.92 Å². The van der Waals surface area contributed by atoms with E-state index >= 15 is 0 Å². The largest absolute Gasteiger partial charge is 0.385 e. The van der Waals surface area contributed by atoms with E-state index in [1.807, 2.05) is 0 Å². The van der Waals surface area contributed by atoms with Gasteiger partial charge >= 0.3 is 0 Å². The van der Waals surface area contributed by atoms with Crippen LogP contribution in [0.2, 0.25) is 0 Å². The van der Waals surface area contributed by atoms with Gasteiger partial charge in [0.15, 0.2) is 0 Å². The number of alkyl halides is 2. The fourth-order valence-electron chi connectivity index (χ4n) is 0.311. The van der Waals surface area contributed by atoms with E-state index in [4.69, 9.17) is 5.11 Å². The summed E-state index contributed by atoms with van der Waals surface area (Å²) in [4.78, 5) is 0. The molecule has 1 N–H and O–H groups in total. The minimum Gasteiger partial charge on any atom is -0.385 e. The van der Waals surface area contributed by atoms with E-state index in [1.165, 1.54) is 0 Å². The highest BCUT2D eigenvalue weighted by Gasteiger charge is 2.15. The monoisotopic (exact) mass is 140 g/mol. The van der Waals surface area contributed by atoms with Gasteiger partial charge in [-0.1, -0.05) is 0 Å². The van der Waals surface area contributed by atoms with Gasteiger partial charge in [-0.2, -0.15) is 0 Å². The molecule has 56 valence electrons. The highest BCUT2D eigenvalue weighted by Crippen LogP contribution is 1.99. The predicted octanol–water partition coefficient (Wildman–Crippen LogP) is 0.649. The van der Waals surface area contributed by atoms with Crippen molar-refractivity contribution in [3.8, 4) is 0 Å². The molecule has 1 atom stereocenters. The summed E-state index contributed by atoms with van der Waals surface area (Å²) in [5.41, 5.74) is 0. The molecule has 9 heavy (non-hydrogen) atoms. The standard InChI is InChI=1S/C5H10F2O2/c1-2-9-3-4(8)5(6)7/h4-5,8H,2-3H2,1H3. The fraction of sp³-hybridized carbons (Fsp3) is 1.00. The van der Waals surface area contributed by atoms with Gasteiger partial charge in [-0.25, -0.2) is 8.78 Å². The molecule has 1 unspecified atom stereocenters. The van der Waals surface area contributed by atoms with Crippen LogP contribution in [-0.4, -0.2) is 30.8 Å². The molecule has 0 aliphatic carbocycles. The summed E-state index contributed by atoms with van der Waals surface area (Å²) in [6.45, 7) is 1.75. The third-order valence-electron chi connectivity index (χ3n) is 0.784. The topological polar surface area (TPSA) is 29.5 Å². The van der Waals surface area contributed by atoms with Crippen LogP contribution in [-0.2, 0) is 4.74 Å². The molecule has 0 amide bonds. The molecule has 0 aliphatic rings. The molecule has 0 spiro atoms. The minimum atomic E-state index is -2.70. The summed E-state index contributed by atoms with van der Waals surface area (Å²) < 4.78 is 27.4. The zero-order chi connectivity index (χ0) is 7.28. The highest BCUT2D eigenvalue weighted by atomic mass is 19.3. The van der Waals surface area contributed by atoms with E-state index in [2.05, 4.69) is 4.74 Å². The SMILES string of the molecule is CCOCC(O)C(F)F. The van der Waals surface area contributed by atoms with Crippen molar-refractivity contribution in [2.75, 3.05) is 13.2 Å². The van der Waals surface area contributed by atoms with Crippen molar-refractivity contribution in [1.29, 1.82) is 0 Å². The third-order valence-corrected chi connectivity index (χ3v) is 0.784. The Hall–Kier alpha value is -0.220. The van der Waals surface area contributed by atoms with Crippen molar-refractivity contribution >= 4 is 0 Å². The van der Waals surface area contributed by atoms with Crippen LogP contribution in [0, 0.1) is 0 Å². The van der Waals surface area contributed by atoms with Gasteiger partial charge in [0.05, 0.1) is 6.61 Å². The first kappa shape index (κ1) is 8.78. The van der Waals surface area contributed by atoms with E-state index in [9.17, 15) is 8.78 Å². The van der Waals surface area contributed by atoms with Crippen LogP contribution < -0.4 is 0 Å². The van der Waals surface area contributed by atoms with Crippen molar-refractivity contribution in [2.24, 2.45) is 0 Å². The second kappa shape index (κ2) is 4.64. The third kappa shape index (κ3) is 4.29. The molecule has 0 saturated carbocycles. The van der Waals surface area contributed by atoms with Crippen molar-refractivity contribution in [3.05, 3.63) is 0 Å². The minimum absolute atomic E-state index is 0.284. The van der Waals surface area contributed by atoms with Crippen LogP contribution >= 0.6 is 0 Å². The number of ether oxygens (including phenoxy) is 1. The van der Waals surface area contributed by atoms with Crippen molar-refractivity contribution in [1.82, 2.24) is 0 Å². The molecule has 0 rings (SSSR count). The molecule has 0 heterocycles.